The van der Waals surface area contributed by atoms with Gasteiger partial charge >= 0.3 is 0 Å². The molecule has 0 saturated heterocycles. The van der Waals surface area contributed by atoms with Gasteiger partial charge in [-0.15, -0.1) is 0 Å². The monoisotopic (exact) mass is 215 g/mol. The van der Waals surface area contributed by atoms with Gasteiger partial charge in [-0.1, -0.05) is 37.1 Å². The zero-order chi connectivity index (χ0) is 11.0. The fourth-order valence-corrected chi connectivity index (χ4v) is 4.04. The maximum atomic E-state index is 3.43. The molecule has 0 aromatic heterocycles. The highest BCUT2D eigenvalue weighted by molar-refractivity contribution is 5.39. The lowest BCUT2D eigenvalue weighted by molar-refractivity contribution is 0.167. The molecule has 0 aliphatic heterocycles. The molecule has 1 N–H and O–H groups in total. The molecule has 0 bridgehead atoms. The first-order valence-electron chi connectivity index (χ1n) is 6.58. The van der Waals surface area contributed by atoms with E-state index in [9.17, 15) is 0 Å². The van der Waals surface area contributed by atoms with Crippen LogP contribution in [0.2, 0.25) is 0 Å². The van der Waals surface area contributed by atoms with Gasteiger partial charge in [0.15, 0.2) is 0 Å². The van der Waals surface area contributed by atoms with Crippen molar-refractivity contribution in [1.29, 1.82) is 0 Å². The van der Waals surface area contributed by atoms with Crippen molar-refractivity contribution in [1.82, 2.24) is 5.32 Å². The SMILES string of the molecule is CNC[C@@]12CCCC[C@@H]1c1ccccc1C2. The Bertz CT molecular complexity index is 381. The number of hydrogen-bond acceptors (Lipinski definition) is 1. The predicted molar refractivity (Wildman–Crippen MR) is 67.7 cm³/mol. The summed E-state index contributed by atoms with van der Waals surface area (Å²) in [7, 11) is 2.10. The molecule has 2 aliphatic rings. The zero-order valence-corrected chi connectivity index (χ0v) is 10.1. The summed E-state index contributed by atoms with van der Waals surface area (Å²) >= 11 is 0. The van der Waals surface area contributed by atoms with Gasteiger partial charge in [0.05, 0.1) is 0 Å². The number of rotatable bonds is 2. The van der Waals surface area contributed by atoms with Gasteiger partial charge < -0.3 is 5.32 Å². The molecule has 16 heavy (non-hydrogen) atoms. The lowest BCUT2D eigenvalue weighted by Gasteiger charge is -2.40. The highest BCUT2D eigenvalue weighted by Crippen LogP contribution is 2.54. The van der Waals surface area contributed by atoms with Crippen molar-refractivity contribution in [2.45, 2.75) is 38.0 Å². The maximum Gasteiger partial charge on any atom is 0.00139 e. The molecule has 3 rings (SSSR count). The summed E-state index contributed by atoms with van der Waals surface area (Å²) in [4.78, 5) is 0. The fraction of sp³-hybridized carbons (Fsp3) is 0.600. The first kappa shape index (κ1) is 10.3. The largest absolute Gasteiger partial charge is 0.319 e. The van der Waals surface area contributed by atoms with Crippen molar-refractivity contribution in [3.05, 3.63) is 35.4 Å². The Morgan fingerprint density at radius 3 is 3.06 bits per heavy atom. The van der Waals surface area contributed by atoms with Crippen LogP contribution in [0.5, 0.6) is 0 Å². The summed E-state index contributed by atoms with van der Waals surface area (Å²) in [5.74, 6) is 0.824. The maximum absolute atomic E-state index is 3.43. The van der Waals surface area contributed by atoms with Crippen molar-refractivity contribution >= 4 is 0 Å². The molecule has 0 unspecified atom stereocenters. The first-order chi connectivity index (χ1) is 7.86. The van der Waals surface area contributed by atoms with E-state index in [1.807, 2.05) is 0 Å². The van der Waals surface area contributed by atoms with Gasteiger partial charge in [0.1, 0.15) is 0 Å². The van der Waals surface area contributed by atoms with Gasteiger partial charge in [0.2, 0.25) is 0 Å². The second-order valence-electron chi connectivity index (χ2n) is 5.57. The second-order valence-corrected chi connectivity index (χ2v) is 5.57. The number of benzene rings is 1. The lowest BCUT2D eigenvalue weighted by atomic mass is 9.67. The molecule has 1 saturated carbocycles. The Morgan fingerprint density at radius 2 is 2.19 bits per heavy atom. The number of fused-ring (bicyclic) bond motifs is 3. The number of hydrogen-bond donors (Lipinski definition) is 1. The molecule has 86 valence electrons. The minimum atomic E-state index is 0.538. The van der Waals surface area contributed by atoms with E-state index in [0.717, 1.165) is 5.92 Å². The van der Waals surface area contributed by atoms with Gasteiger partial charge in [-0.3, -0.25) is 0 Å². The third-order valence-electron chi connectivity index (χ3n) is 4.66. The first-order valence-corrected chi connectivity index (χ1v) is 6.58. The Kier molecular flexibility index (Phi) is 2.51. The molecule has 1 nitrogen and oxygen atoms in total. The molecule has 1 aromatic rings. The Balaban J connectivity index is 2.00. The Hall–Kier alpha value is -0.820. The Labute approximate surface area is 98.3 Å². The van der Waals surface area contributed by atoms with Crippen molar-refractivity contribution < 1.29 is 0 Å². The highest BCUT2D eigenvalue weighted by Gasteiger charge is 2.46. The van der Waals surface area contributed by atoms with Gasteiger partial charge in [-0.05, 0) is 48.8 Å². The minimum absolute atomic E-state index is 0.538. The summed E-state index contributed by atoms with van der Waals surface area (Å²) in [5, 5.41) is 3.43. The van der Waals surface area contributed by atoms with E-state index in [1.54, 1.807) is 11.1 Å². The van der Waals surface area contributed by atoms with E-state index in [2.05, 4.69) is 36.6 Å². The third-order valence-corrected chi connectivity index (χ3v) is 4.66. The third kappa shape index (κ3) is 1.41. The van der Waals surface area contributed by atoms with Crippen LogP contribution in [0.25, 0.3) is 0 Å². The lowest BCUT2D eigenvalue weighted by Crippen LogP contribution is -2.38. The molecule has 0 amide bonds. The molecule has 1 fully saturated rings. The summed E-state index contributed by atoms with van der Waals surface area (Å²) < 4.78 is 0. The molecule has 0 heterocycles. The van der Waals surface area contributed by atoms with E-state index < -0.39 is 0 Å². The van der Waals surface area contributed by atoms with E-state index in [0.29, 0.717) is 5.41 Å². The summed E-state index contributed by atoms with van der Waals surface area (Å²) in [5.41, 5.74) is 3.80. The van der Waals surface area contributed by atoms with E-state index in [-0.39, 0.29) is 0 Å². The normalized spacial score (nSPS) is 32.2. The smallest absolute Gasteiger partial charge is 0.00139 e. The molecule has 2 aliphatic carbocycles. The van der Waals surface area contributed by atoms with Crippen LogP contribution >= 0.6 is 0 Å². The topological polar surface area (TPSA) is 12.0 Å². The number of nitrogens with one attached hydrogen (secondary N) is 1. The predicted octanol–water partition coefficient (Wildman–Crippen LogP) is 3.11. The Morgan fingerprint density at radius 1 is 1.31 bits per heavy atom. The molecule has 1 heteroatoms. The van der Waals surface area contributed by atoms with Crippen LogP contribution in [-0.2, 0) is 6.42 Å². The van der Waals surface area contributed by atoms with Crippen molar-refractivity contribution in [2.24, 2.45) is 5.41 Å². The van der Waals surface area contributed by atoms with Gasteiger partial charge in [0, 0.05) is 6.54 Å². The van der Waals surface area contributed by atoms with Gasteiger partial charge in [0.25, 0.3) is 0 Å². The van der Waals surface area contributed by atoms with Crippen LogP contribution < -0.4 is 5.32 Å². The molecular formula is C15H21N. The highest BCUT2D eigenvalue weighted by atomic mass is 14.8. The molecular weight excluding hydrogens is 194 g/mol. The molecule has 2 atom stereocenters. The zero-order valence-electron chi connectivity index (χ0n) is 10.1. The van der Waals surface area contributed by atoms with Gasteiger partial charge in [-0.25, -0.2) is 0 Å². The van der Waals surface area contributed by atoms with Crippen LogP contribution in [-0.4, -0.2) is 13.6 Å². The quantitative estimate of drug-likeness (QED) is 0.799. The molecule has 1 aromatic carbocycles. The average Bonchev–Trinajstić information content (AvgIpc) is 2.63. The van der Waals surface area contributed by atoms with E-state index in [1.165, 1.54) is 38.6 Å². The fourth-order valence-electron chi connectivity index (χ4n) is 4.04. The van der Waals surface area contributed by atoms with E-state index >= 15 is 0 Å². The minimum Gasteiger partial charge on any atom is -0.319 e. The summed E-state index contributed by atoms with van der Waals surface area (Å²) in [6, 6.07) is 9.11. The second kappa shape index (κ2) is 3.89. The van der Waals surface area contributed by atoms with Crippen LogP contribution in [0, 0.1) is 5.41 Å². The molecule has 0 radical (unpaired) electrons. The summed E-state index contributed by atoms with van der Waals surface area (Å²) in [6.07, 6.45) is 6.96. The summed E-state index contributed by atoms with van der Waals surface area (Å²) in [6.45, 7) is 1.19. The van der Waals surface area contributed by atoms with Crippen molar-refractivity contribution in [3.63, 3.8) is 0 Å². The van der Waals surface area contributed by atoms with Crippen molar-refractivity contribution in [3.8, 4) is 0 Å². The van der Waals surface area contributed by atoms with Gasteiger partial charge in [-0.2, -0.15) is 0 Å². The van der Waals surface area contributed by atoms with Crippen LogP contribution in [0.3, 0.4) is 0 Å². The van der Waals surface area contributed by atoms with Crippen LogP contribution in [0.4, 0.5) is 0 Å². The standard InChI is InChI=1S/C15H21N/c1-16-11-15-9-5-4-8-14(15)13-7-3-2-6-12(13)10-15/h2-3,6-7,14,16H,4-5,8-11H2,1H3/t14-,15+/m1/s1. The van der Waals surface area contributed by atoms with Crippen molar-refractivity contribution in [2.75, 3.05) is 13.6 Å². The van der Waals surface area contributed by atoms with Crippen LogP contribution in [0.1, 0.15) is 42.7 Å². The van der Waals surface area contributed by atoms with Crippen LogP contribution in [0.15, 0.2) is 24.3 Å². The molecule has 0 spiro atoms. The van der Waals surface area contributed by atoms with E-state index in [4.69, 9.17) is 0 Å². The average molecular weight is 215 g/mol.